The van der Waals surface area contributed by atoms with Gasteiger partial charge in [0, 0.05) is 36.8 Å². The van der Waals surface area contributed by atoms with Gasteiger partial charge in [-0.15, -0.1) is 0 Å². The fraction of sp³-hybridized carbons (Fsp3) is 0.500. The van der Waals surface area contributed by atoms with Gasteiger partial charge in [-0.05, 0) is 44.4 Å². The Morgan fingerprint density at radius 2 is 1.93 bits per heavy atom. The Balaban J connectivity index is 1.94. The van der Waals surface area contributed by atoms with Crippen LogP contribution in [0.15, 0.2) is 24.3 Å². The van der Waals surface area contributed by atoms with Gasteiger partial charge in [-0.3, -0.25) is 4.79 Å². The monoisotopic (exact) mass is 376 g/mol. The Hall–Kier alpha value is -2.70. The molecule has 27 heavy (non-hydrogen) atoms. The second kappa shape index (κ2) is 9.85. The lowest BCUT2D eigenvalue weighted by atomic mass is 10.0. The lowest BCUT2D eigenvalue weighted by Gasteiger charge is -2.31. The molecule has 0 spiro atoms. The minimum Gasteiger partial charge on any atom is -0.497 e. The van der Waals surface area contributed by atoms with Crippen LogP contribution in [0.1, 0.15) is 32.3 Å². The first kappa shape index (κ1) is 20.6. The molecule has 1 aromatic carbocycles. The maximum Gasteiger partial charge on any atom is 0.409 e. The Kier molecular flexibility index (Phi) is 7.52. The zero-order valence-corrected chi connectivity index (χ0v) is 16.4. The number of amides is 2. The Morgan fingerprint density at radius 1 is 1.22 bits per heavy atom. The molecule has 1 aliphatic heterocycles. The zero-order valence-electron chi connectivity index (χ0n) is 16.4. The van der Waals surface area contributed by atoms with Gasteiger partial charge in [0.1, 0.15) is 11.5 Å². The van der Waals surface area contributed by atoms with E-state index in [4.69, 9.17) is 14.2 Å². The molecular weight excluding hydrogens is 348 g/mol. The van der Waals surface area contributed by atoms with Gasteiger partial charge in [-0.1, -0.05) is 0 Å². The van der Waals surface area contributed by atoms with Crippen molar-refractivity contribution in [2.24, 2.45) is 0 Å². The average Bonchev–Trinajstić information content (AvgIpc) is 2.67. The molecule has 0 aliphatic carbocycles. The second-order valence-electron chi connectivity index (χ2n) is 6.36. The van der Waals surface area contributed by atoms with Gasteiger partial charge in [0.15, 0.2) is 0 Å². The minimum absolute atomic E-state index is 0.0463. The molecule has 148 valence electrons. The molecule has 2 amide bonds. The fourth-order valence-electron chi connectivity index (χ4n) is 3.06. The number of nitrogens with one attached hydrogen (secondary N) is 1. The van der Waals surface area contributed by atoms with E-state index in [0.29, 0.717) is 44.0 Å². The van der Waals surface area contributed by atoms with E-state index in [1.807, 2.05) is 19.1 Å². The van der Waals surface area contributed by atoms with Crippen LogP contribution in [0.2, 0.25) is 0 Å². The number of methoxy groups -OCH3 is 2. The van der Waals surface area contributed by atoms with Crippen molar-refractivity contribution in [3.8, 4) is 11.5 Å². The molecule has 1 fully saturated rings. The number of piperidine rings is 1. The van der Waals surface area contributed by atoms with Gasteiger partial charge < -0.3 is 24.4 Å². The van der Waals surface area contributed by atoms with Crippen molar-refractivity contribution >= 4 is 17.6 Å². The number of carbonyl (C=O) groups excluding carboxylic acids is 2. The summed E-state index contributed by atoms with van der Waals surface area (Å²) in [6.07, 6.45) is 2.71. The van der Waals surface area contributed by atoms with Crippen molar-refractivity contribution in [2.45, 2.75) is 32.7 Å². The van der Waals surface area contributed by atoms with E-state index in [9.17, 15) is 9.59 Å². The topological polar surface area (TPSA) is 77.1 Å². The first-order chi connectivity index (χ1) is 13.0. The van der Waals surface area contributed by atoms with E-state index in [-0.39, 0.29) is 18.0 Å². The second-order valence-corrected chi connectivity index (χ2v) is 6.36. The first-order valence-corrected chi connectivity index (χ1v) is 9.11. The van der Waals surface area contributed by atoms with Crippen LogP contribution in [0.5, 0.6) is 11.5 Å². The first-order valence-electron chi connectivity index (χ1n) is 9.11. The molecule has 7 heteroatoms. The largest absolute Gasteiger partial charge is 0.497 e. The van der Waals surface area contributed by atoms with Gasteiger partial charge in [-0.2, -0.15) is 0 Å². The quantitative estimate of drug-likeness (QED) is 0.773. The summed E-state index contributed by atoms with van der Waals surface area (Å²) in [4.78, 5) is 25.8. The third-order valence-electron chi connectivity index (χ3n) is 4.55. The van der Waals surface area contributed by atoms with Crippen molar-refractivity contribution in [2.75, 3.05) is 33.9 Å². The van der Waals surface area contributed by atoms with Crippen LogP contribution in [-0.4, -0.2) is 56.9 Å². The van der Waals surface area contributed by atoms with Crippen molar-refractivity contribution < 1.29 is 23.8 Å². The normalized spacial score (nSPS) is 15.3. The summed E-state index contributed by atoms with van der Waals surface area (Å²) in [7, 11) is 3.18. The van der Waals surface area contributed by atoms with Crippen LogP contribution >= 0.6 is 0 Å². The van der Waals surface area contributed by atoms with Crippen LogP contribution in [0, 0.1) is 0 Å². The highest BCUT2D eigenvalue weighted by atomic mass is 16.6. The molecule has 0 atom stereocenters. The van der Waals surface area contributed by atoms with Gasteiger partial charge in [-0.25, -0.2) is 4.79 Å². The Bertz CT molecular complexity index is 694. The number of carbonyl (C=O) groups is 2. The number of hydrogen-bond donors (Lipinski definition) is 1. The molecule has 0 unspecified atom stereocenters. The summed E-state index contributed by atoms with van der Waals surface area (Å²) in [6.45, 7) is 5.19. The van der Waals surface area contributed by atoms with Crippen LogP contribution in [0.25, 0.3) is 5.57 Å². The molecule has 1 heterocycles. The third-order valence-corrected chi connectivity index (χ3v) is 4.55. The SMILES string of the molecule is CCOC(=O)N1CCC(NC(=O)/C=C(\C)c2ccc(OC)cc2OC)CC1. The summed E-state index contributed by atoms with van der Waals surface area (Å²) < 4.78 is 15.6. The summed E-state index contributed by atoms with van der Waals surface area (Å²) >= 11 is 0. The zero-order chi connectivity index (χ0) is 19.8. The van der Waals surface area contributed by atoms with Crippen molar-refractivity contribution in [1.29, 1.82) is 0 Å². The van der Waals surface area contributed by atoms with Crippen LogP contribution in [0.3, 0.4) is 0 Å². The summed E-state index contributed by atoms with van der Waals surface area (Å²) in [5.74, 6) is 1.19. The molecular formula is C20H28N2O5. The highest BCUT2D eigenvalue weighted by molar-refractivity contribution is 5.95. The number of ether oxygens (including phenoxy) is 3. The molecule has 1 aliphatic rings. The minimum atomic E-state index is -0.287. The van der Waals surface area contributed by atoms with Crippen molar-refractivity contribution in [1.82, 2.24) is 10.2 Å². The van der Waals surface area contributed by atoms with Crippen LogP contribution < -0.4 is 14.8 Å². The number of nitrogens with zero attached hydrogens (tertiary/aromatic N) is 1. The smallest absolute Gasteiger partial charge is 0.409 e. The van der Waals surface area contributed by atoms with E-state index >= 15 is 0 Å². The number of hydrogen-bond acceptors (Lipinski definition) is 5. The van der Waals surface area contributed by atoms with E-state index in [1.165, 1.54) is 0 Å². The summed E-state index contributed by atoms with van der Waals surface area (Å²) in [5, 5.41) is 3.01. The molecule has 2 rings (SSSR count). The average molecular weight is 376 g/mol. The molecule has 7 nitrogen and oxygen atoms in total. The molecule has 0 aromatic heterocycles. The Labute approximate surface area is 160 Å². The molecule has 0 bridgehead atoms. The molecule has 1 aromatic rings. The fourth-order valence-corrected chi connectivity index (χ4v) is 3.06. The van der Waals surface area contributed by atoms with Gasteiger partial charge in [0.25, 0.3) is 0 Å². The van der Waals surface area contributed by atoms with Crippen molar-refractivity contribution in [3.63, 3.8) is 0 Å². The third kappa shape index (κ3) is 5.64. The lowest BCUT2D eigenvalue weighted by molar-refractivity contribution is -0.117. The molecule has 0 saturated carbocycles. The number of benzene rings is 1. The predicted molar refractivity (Wildman–Crippen MR) is 103 cm³/mol. The standard InChI is InChI=1S/C20H28N2O5/c1-5-27-20(24)22-10-8-15(9-11-22)21-19(23)12-14(2)17-7-6-16(25-3)13-18(17)26-4/h6-7,12-13,15H,5,8-11H2,1-4H3,(H,21,23)/b14-12+. The maximum absolute atomic E-state index is 12.4. The predicted octanol–water partition coefficient (Wildman–Crippen LogP) is 2.84. The Morgan fingerprint density at radius 3 is 2.52 bits per heavy atom. The number of rotatable bonds is 6. The summed E-state index contributed by atoms with van der Waals surface area (Å²) in [5.41, 5.74) is 1.64. The van der Waals surface area contributed by atoms with E-state index in [0.717, 1.165) is 11.1 Å². The highest BCUT2D eigenvalue weighted by Crippen LogP contribution is 2.29. The summed E-state index contributed by atoms with van der Waals surface area (Å²) in [6, 6.07) is 5.53. The maximum atomic E-state index is 12.4. The van der Waals surface area contributed by atoms with Gasteiger partial charge in [0.05, 0.1) is 20.8 Å². The highest BCUT2D eigenvalue weighted by Gasteiger charge is 2.24. The van der Waals surface area contributed by atoms with Gasteiger partial charge >= 0.3 is 6.09 Å². The number of likely N-dealkylation sites (tertiary alicyclic amines) is 1. The van der Waals surface area contributed by atoms with E-state index in [2.05, 4.69) is 5.32 Å². The van der Waals surface area contributed by atoms with Crippen LogP contribution in [0.4, 0.5) is 4.79 Å². The molecule has 0 radical (unpaired) electrons. The lowest BCUT2D eigenvalue weighted by Crippen LogP contribution is -2.46. The number of allylic oxidation sites excluding steroid dienone is 1. The van der Waals surface area contributed by atoms with Crippen molar-refractivity contribution in [3.05, 3.63) is 29.8 Å². The van der Waals surface area contributed by atoms with E-state index < -0.39 is 0 Å². The van der Waals surface area contributed by atoms with Gasteiger partial charge in [0.2, 0.25) is 5.91 Å². The van der Waals surface area contributed by atoms with Crippen LogP contribution in [-0.2, 0) is 9.53 Å². The molecule has 1 saturated heterocycles. The van der Waals surface area contributed by atoms with E-state index in [1.54, 1.807) is 38.2 Å². The molecule has 1 N–H and O–H groups in total.